The van der Waals surface area contributed by atoms with E-state index in [4.69, 9.17) is 15.3 Å². The van der Waals surface area contributed by atoms with E-state index in [0.29, 0.717) is 6.55 Å². The van der Waals surface area contributed by atoms with Gasteiger partial charge in [-0.1, -0.05) is 6.55 Å². The molecule has 0 saturated heterocycles. The van der Waals surface area contributed by atoms with Crippen molar-refractivity contribution in [2.45, 2.75) is 6.55 Å². The fourth-order valence-electron chi connectivity index (χ4n) is 2.07. The van der Waals surface area contributed by atoms with Gasteiger partial charge >= 0.3 is 35.8 Å². The van der Waals surface area contributed by atoms with Crippen LogP contribution in [-0.4, -0.2) is 74.5 Å². The Morgan fingerprint density at radius 1 is 0.538 bits per heavy atom. The average Bonchev–Trinajstić information content (AvgIpc) is 2.45. The Morgan fingerprint density at radius 3 is 0.846 bits per heavy atom. The normalized spacial score (nSPS) is 14.9. The molecule has 0 aromatic carbocycles. The number of carboxylic acids is 6. The lowest BCUT2D eigenvalue weighted by Gasteiger charge is -2.28. The summed E-state index contributed by atoms with van der Waals surface area (Å²) in [6.45, 7) is 0.710. The van der Waals surface area contributed by atoms with E-state index in [0.717, 1.165) is 0 Å². The molecule has 0 fully saturated rings. The minimum absolute atomic E-state index is 0.00577. The third kappa shape index (κ3) is 5.13. The molecule has 0 heterocycles. The minimum atomic E-state index is -4.87. The van der Waals surface area contributed by atoms with Crippen molar-refractivity contribution in [3.63, 3.8) is 0 Å². The van der Waals surface area contributed by atoms with Gasteiger partial charge < -0.3 is 30.6 Å². The van der Waals surface area contributed by atoms with Gasteiger partial charge in [0.2, 0.25) is 0 Å². The van der Waals surface area contributed by atoms with Crippen LogP contribution < -0.4 is 0 Å². The Hall–Kier alpha value is -3.74. The molecule has 0 radical (unpaired) electrons. The Morgan fingerprint density at radius 2 is 0.731 bits per heavy atom. The van der Waals surface area contributed by atoms with Crippen LogP contribution in [-0.2, 0) is 28.8 Å². The van der Waals surface area contributed by atoms with E-state index in [1.807, 2.05) is 0 Å². The summed E-state index contributed by atoms with van der Waals surface area (Å²) in [5.74, 6) is -11.8. The van der Waals surface area contributed by atoms with Gasteiger partial charge in [0.15, 0.2) is 8.07 Å². The van der Waals surface area contributed by atoms with Gasteiger partial charge in [-0.25, -0.2) is 28.8 Å². The van der Waals surface area contributed by atoms with Crippen LogP contribution in [0.25, 0.3) is 0 Å². The molecule has 12 nitrogen and oxygen atoms in total. The minimum Gasteiger partial charge on any atom is -0.478 e. The molecule has 13 heteroatoms. The third-order valence-electron chi connectivity index (χ3n) is 3.11. The predicted octanol–water partition coefficient (Wildman–Crippen LogP) is -1.03. The van der Waals surface area contributed by atoms with Crippen molar-refractivity contribution in [1.82, 2.24) is 0 Å². The third-order valence-corrected chi connectivity index (χ3v) is 7.42. The molecule has 0 saturated carbocycles. The van der Waals surface area contributed by atoms with Crippen LogP contribution >= 0.6 is 0 Å². The molecule has 0 aromatic heterocycles. The zero-order valence-electron chi connectivity index (χ0n) is 12.9. The molecule has 0 aliphatic heterocycles. The van der Waals surface area contributed by atoms with Gasteiger partial charge in [-0.05, 0) is 0 Å². The maximum Gasteiger partial charge on any atom is 0.328 e. The number of rotatable bonds is 9. The summed E-state index contributed by atoms with van der Waals surface area (Å²) in [7, 11) is -4.87. The molecule has 0 rings (SSSR count). The second-order valence-electron chi connectivity index (χ2n) is 4.73. The number of carboxylic acid groups (broad SMARTS) is 6. The molecule has 0 unspecified atom stereocenters. The van der Waals surface area contributed by atoms with Crippen LogP contribution in [0, 0.1) is 0 Å². The van der Waals surface area contributed by atoms with Crippen molar-refractivity contribution in [3.05, 3.63) is 33.8 Å². The van der Waals surface area contributed by atoms with Crippen LogP contribution in [0.4, 0.5) is 0 Å². The Kier molecular flexibility index (Phi) is 7.18. The SMILES string of the molecule is C[Si](C(=CC(=O)O)C(=O)O)(C(=CC(=O)O)C(=O)O)C(=CC(=O)O)C(=O)O. The largest absolute Gasteiger partial charge is 0.478 e. The lowest BCUT2D eigenvalue weighted by Crippen LogP contribution is -2.48. The van der Waals surface area contributed by atoms with Gasteiger partial charge in [-0.15, -0.1) is 0 Å². The average molecular weight is 388 g/mol. The fraction of sp³-hybridized carbons (Fsp3) is 0.0769. The fourth-order valence-corrected chi connectivity index (χ4v) is 5.46. The van der Waals surface area contributed by atoms with Crippen molar-refractivity contribution < 1.29 is 59.4 Å². The van der Waals surface area contributed by atoms with E-state index in [-0.39, 0.29) is 18.2 Å². The zero-order chi connectivity index (χ0) is 20.8. The topological polar surface area (TPSA) is 224 Å². The molecule has 0 aliphatic rings. The standard InChI is InChI=1S/C13H12O12Si/c1-26(5(11(20)21)2-8(14)15,6(12(22)23)3-9(16)17)7(13(24)25)4-10(18)19/h2-4H,1H3,(H,14,15)(H,16,17)(H,18,19)(H,20,21)(H,22,23)(H,24,25). The number of aliphatic carboxylic acids is 6. The van der Waals surface area contributed by atoms with Gasteiger partial charge in [0.25, 0.3) is 0 Å². The molecular formula is C13H12O12Si. The quantitative estimate of drug-likeness (QED) is 0.206. The zero-order valence-corrected chi connectivity index (χ0v) is 13.9. The maximum atomic E-state index is 11.5. The summed E-state index contributed by atoms with van der Waals surface area (Å²) < 4.78 is 0. The van der Waals surface area contributed by atoms with Crippen LogP contribution in [0.1, 0.15) is 0 Å². The summed E-state index contributed by atoms with van der Waals surface area (Å²) in [6.07, 6.45) is 0.0173. The smallest absolute Gasteiger partial charge is 0.328 e. The van der Waals surface area contributed by atoms with E-state index < -0.39 is 59.5 Å². The molecular weight excluding hydrogens is 376 g/mol. The van der Waals surface area contributed by atoms with Gasteiger partial charge in [-0.3, -0.25) is 0 Å². The summed E-state index contributed by atoms with van der Waals surface area (Å²) in [6, 6.07) is 0. The lowest BCUT2D eigenvalue weighted by atomic mass is 10.4. The molecule has 140 valence electrons. The predicted molar refractivity (Wildman–Crippen MR) is 81.7 cm³/mol. The van der Waals surface area contributed by atoms with Crippen molar-refractivity contribution in [2.75, 3.05) is 0 Å². The van der Waals surface area contributed by atoms with Crippen LogP contribution in [0.5, 0.6) is 0 Å². The highest BCUT2D eigenvalue weighted by atomic mass is 28.3. The molecule has 0 aliphatic carbocycles. The monoisotopic (exact) mass is 388 g/mol. The lowest BCUT2D eigenvalue weighted by molar-refractivity contribution is -0.135. The molecule has 0 amide bonds. The maximum absolute atomic E-state index is 11.5. The van der Waals surface area contributed by atoms with E-state index in [1.165, 1.54) is 0 Å². The van der Waals surface area contributed by atoms with Crippen molar-refractivity contribution in [3.8, 4) is 0 Å². The second-order valence-corrected chi connectivity index (χ2v) is 8.60. The highest BCUT2D eigenvalue weighted by Gasteiger charge is 2.50. The van der Waals surface area contributed by atoms with Gasteiger partial charge in [-0.2, -0.15) is 0 Å². The van der Waals surface area contributed by atoms with E-state index in [1.54, 1.807) is 0 Å². The first-order valence-electron chi connectivity index (χ1n) is 6.30. The van der Waals surface area contributed by atoms with Crippen molar-refractivity contribution in [1.29, 1.82) is 0 Å². The summed E-state index contributed by atoms with van der Waals surface area (Å²) in [5, 5.41) is 50.5. The molecule has 6 N–H and O–H groups in total. The summed E-state index contributed by atoms with van der Waals surface area (Å²) >= 11 is 0. The van der Waals surface area contributed by atoms with Gasteiger partial charge in [0, 0.05) is 33.8 Å². The van der Waals surface area contributed by atoms with Crippen LogP contribution in [0.15, 0.2) is 33.8 Å². The number of hydrogen-bond acceptors (Lipinski definition) is 6. The van der Waals surface area contributed by atoms with E-state index >= 15 is 0 Å². The first-order chi connectivity index (χ1) is 11.7. The Balaban J connectivity index is 7.41. The number of carbonyl (C=O) groups is 6. The summed E-state index contributed by atoms with van der Waals surface area (Å²) in [5.41, 5.74) is 0. The van der Waals surface area contributed by atoms with Crippen molar-refractivity contribution >= 4 is 43.9 Å². The number of hydrogen-bond donors (Lipinski definition) is 6. The van der Waals surface area contributed by atoms with E-state index in [2.05, 4.69) is 0 Å². The first-order valence-corrected chi connectivity index (χ1v) is 8.80. The molecule has 26 heavy (non-hydrogen) atoms. The molecule has 0 bridgehead atoms. The van der Waals surface area contributed by atoms with Crippen molar-refractivity contribution in [2.24, 2.45) is 0 Å². The molecule has 0 spiro atoms. The van der Waals surface area contributed by atoms with Gasteiger partial charge in [0.05, 0.1) is 0 Å². The molecule has 0 aromatic rings. The molecule has 0 atom stereocenters. The van der Waals surface area contributed by atoms with Crippen LogP contribution in [0.3, 0.4) is 0 Å². The van der Waals surface area contributed by atoms with Crippen LogP contribution in [0.2, 0.25) is 6.55 Å². The Labute approximate surface area is 144 Å². The highest BCUT2D eigenvalue weighted by Crippen LogP contribution is 2.32. The highest BCUT2D eigenvalue weighted by molar-refractivity contribution is 7.05. The Bertz CT molecular complexity index is 682. The van der Waals surface area contributed by atoms with E-state index in [9.17, 15) is 44.1 Å². The summed E-state index contributed by atoms with van der Waals surface area (Å²) in [4.78, 5) is 67.1. The first kappa shape index (κ1) is 22.3. The van der Waals surface area contributed by atoms with Gasteiger partial charge in [0.1, 0.15) is 0 Å². The second kappa shape index (κ2) is 8.38.